The lowest BCUT2D eigenvalue weighted by Gasteiger charge is -1.98. The normalized spacial score (nSPS) is 10.7. The summed E-state index contributed by atoms with van der Waals surface area (Å²) in [6.45, 7) is 0. The molecule has 3 aromatic rings. The monoisotopic (exact) mass is 399 g/mol. The van der Waals surface area contributed by atoms with Gasteiger partial charge in [-0.25, -0.2) is 0 Å². The van der Waals surface area contributed by atoms with Crippen molar-refractivity contribution in [2.45, 2.75) is 0 Å². The first-order valence-electron chi connectivity index (χ1n) is 5.58. The molecular weight excluding hydrogens is 393 g/mol. The molecule has 2 aromatic heterocycles. The van der Waals surface area contributed by atoms with Crippen LogP contribution in [0.1, 0.15) is 0 Å². The van der Waals surface area contributed by atoms with E-state index in [1.807, 2.05) is 22.6 Å². The standard InChI is InChI=1S/C13H7ClIN3O2/c14-8-2-1-5-16-11(8)12-17-13(20-18-12)7-3-4-9(15)10(19)6-7/h1-6,19H. The number of phenolic OH excluding ortho intramolecular Hbond substituents is 1. The van der Waals surface area contributed by atoms with Crippen molar-refractivity contribution in [2.24, 2.45) is 0 Å². The number of phenols is 1. The summed E-state index contributed by atoms with van der Waals surface area (Å²) in [5.41, 5.74) is 1.09. The molecule has 100 valence electrons. The highest BCUT2D eigenvalue weighted by atomic mass is 127. The van der Waals surface area contributed by atoms with Gasteiger partial charge in [0.2, 0.25) is 5.82 Å². The summed E-state index contributed by atoms with van der Waals surface area (Å²) in [5, 5.41) is 14.0. The molecule has 7 heteroatoms. The second-order valence-corrected chi connectivity index (χ2v) is 5.49. The summed E-state index contributed by atoms with van der Waals surface area (Å²) >= 11 is 8.07. The number of hydrogen-bond donors (Lipinski definition) is 1. The summed E-state index contributed by atoms with van der Waals surface area (Å²) in [6, 6.07) is 8.56. The van der Waals surface area contributed by atoms with Crippen LogP contribution in [-0.2, 0) is 0 Å². The van der Waals surface area contributed by atoms with Crippen LogP contribution in [0.3, 0.4) is 0 Å². The zero-order valence-electron chi connectivity index (χ0n) is 9.92. The first-order valence-corrected chi connectivity index (χ1v) is 7.04. The summed E-state index contributed by atoms with van der Waals surface area (Å²) in [4.78, 5) is 8.36. The molecule has 1 N–H and O–H groups in total. The third kappa shape index (κ3) is 2.48. The lowest BCUT2D eigenvalue weighted by atomic mass is 10.2. The molecule has 0 atom stereocenters. The highest BCUT2D eigenvalue weighted by Gasteiger charge is 2.14. The van der Waals surface area contributed by atoms with Gasteiger partial charge in [-0.15, -0.1) is 0 Å². The fourth-order valence-electron chi connectivity index (χ4n) is 1.63. The smallest absolute Gasteiger partial charge is 0.258 e. The van der Waals surface area contributed by atoms with Crippen LogP contribution >= 0.6 is 34.2 Å². The maximum Gasteiger partial charge on any atom is 0.258 e. The van der Waals surface area contributed by atoms with Crippen LogP contribution in [0.2, 0.25) is 5.02 Å². The number of aromatic hydroxyl groups is 1. The van der Waals surface area contributed by atoms with Gasteiger partial charge in [0.05, 0.1) is 8.59 Å². The van der Waals surface area contributed by atoms with Crippen LogP contribution in [0.15, 0.2) is 41.1 Å². The zero-order chi connectivity index (χ0) is 14.1. The van der Waals surface area contributed by atoms with Crippen molar-refractivity contribution >= 4 is 34.2 Å². The molecular formula is C13H7ClIN3O2. The third-order valence-corrected chi connectivity index (χ3v) is 3.81. The van der Waals surface area contributed by atoms with Crippen molar-refractivity contribution in [1.82, 2.24) is 15.1 Å². The van der Waals surface area contributed by atoms with Gasteiger partial charge in [-0.2, -0.15) is 4.98 Å². The lowest BCUT2D eigenvalue weighted by Crippen LogP contribution is -1.86. The third-order valence-electron chi connectivity index (χ3n) is 2.59. The molecule has 0 saturated heterocycles. The van der Waals surface area contributed by atoms with E-state index in [0.717, 1.165) is 3.57 Å². The van der Waals surface area contributed by atoms with E-state index in [4.69, 9.17) is 16.1 Å². The van der Waals surface area contributed by atoms with Gasteiger partial charge in [-0.3, -0.25) is 4.98 Å². The Morgan fingerprint density at radius 3 is 2.85 bits per heavy atom. The second-order valence-electron chi connectivity index (χ2n) is 3.92. The summed E-state index contributed by atoms with van der Waals surface area (Å²) in [7, 11) is 0. The maximum absolute atomic E-state index is 9.70. The molecule has 0 radical (unpaired) electrons. The minimum absolute atomic E-state index is 0.165. The van der Waals surface area contributed by atoms with E-state index in [9.17, 15) is 5.11 Å². The number of halogens is 2. The minimum Gasteiger partial charge on any atom is -0.507 e. The fraction of sp³-hybridized carbons (Fsp3) is 0. The lowest BCUT2D eigenvalue weighted by molar-refractivity contribution is 0.431. The quantitative estimate of drug-likeness (QED) is 0.664. The van der Waals surface area contributed by atoms with E-state index in [-0.39, 0.29) is 5.75 Å². The fourth-order valence-corrected chi connectivity index (χ4v) is 2.17. The van der Waals surface area contributed by atoms with Crippen molar-refractivity contribution in [3.63, 3.8) is 0 Å². The average Bonchev–Trinajstić information content (AvgIpc) is 2.92. The van der Waals surface area contributed by atoms with Crippen LogP contribution in [0, 0.1) is 3.57 Å². The maximum atomic E-state index is 9.70. The van der Waals surface area contributed by atoms with Gasteiger partial charge < -0.3 is 9.63 Å². The zero-order valence-corrected chi connectivity index (χ0v) is 12.8. The van der Waals surface area contributed by atoms with E-state index in [1.165, 1.54) is 0 Å². The molecule has 0 saturated carbocycles. The molecule has 0 amide bonds. The van der Waals surface area contributed by atoms with Crippen LogP contribution in [0.5, 0.6) is 5.75 Å². The molecule has 20 heavy (non-hydrogen) atoms. The Morgan fingerprint density at radius 2 is 2.10 bits per heavy atom. The molecule has 1 aromatic carbocycles. The molecule has 5 nitrogen and oxygen atoms in total. The number of rotatable bonds is 2. The Balaban J connectivity index is 2.02. The molecule has 0 aliphatic rings. The van der Waals surface area contributed by atoms with E-state index >= 15 is 0 Å². The minimum atomic E-state index is 0.165. The Bertz CT molecular complexity index is 776. The van der Waals surface area contributed by atoms with Gasteiger partial charge in [0.15, 0.2) is 0 Å². The topological polar surface area (TPSA) is 72.0 Å². The molecule has 0 bridgehead atoms. The van der Waals surface area contributed by atoms with Crippen molar-refractivity contribution in [2.75, 3.05) is 0 Å². The molecule has 0 spiro atoms. The van der Waals surface area contributed by atoms with Crippen LogP contribution < -0.4 is 0 Å². The van der Waals surface area contributed by atoms with Gasteiger partial charge in [0, 0.05) is 11.8 Å². The summed E-state index contributed by atoms with van der Waals surface area (Å²) in [6.07, 6.45) is 1.61. The molecule has 2 heterocycles. The van der Waals surface area contributed by atoms with Gasteiger partial charge in [0.1, 0.15) is 11.4 Å². The van der Waals surface area contributed by atoms with Crippen molar-refractivity contribution in [3.05, 3.63) is 45.1 Å². The van der Waals surface area contributed by atoms with Crippen LogP contribution in [0.25, 0.3) is 23.0 Å². The molecule has 0 unspecified atom stereocenters. The molecule has 0 aliphatic carbocycles. The number of pyridine rings is 1. The van der Waals surface area contributed by atoms with Gasteiger partial charge in [0.25, 0.3) is 5.89 Å². The van der Waals surface area contributed by atoms with E-state index in [0.29, 0.717) is 28.0 Å². The molecule has 0 fully saturated rings. The number of benzene rings is 1. The predicted molar refractivity (Wildman–Crippen MR) is 82.4 cm³/mol. The Labute approximate surface area is 132 Å². The molecule has 0 aliphatic heterocycles. The van der Waals surface area contributed by atoms with Crippen molar-refractivity contribution < 1.29 is 9.63 Å². The van der Waals surface area contributed by atoms with Crippen LogP contribution in [0.4, 0.5) is 0 Å². The van der Waals surface area contributed by atoms with Crippen LogP contribution in [-0.4, -0.2) is 20.2 Å². The average molecular weight is 400 g/mol. The highest BCUT2D eigenvalue weighted by molar-refractivity contribution is 14.1. The number of nitrogens with zero attached hydrogens (tertiary/aromatic N) is 3. The summed E-state index contributed by atoms with van der Waals surface area (Å²) in [5.74, 6) is 0.774. The number of aromatic nitrogens is 3. The predicted octanol–water partition coefficient (Wildman–Crippen LogP) is 3.76. The largest absolute Gasteiger partial charge is 0.507 e. The van der Waals surface area contributed by atoms with E-state index < -0.39 is 0 Å². The van der Waals surface area contributed by atoms with Crippen molar-refractivity contribution in [1.29, 1.82) is 0 Å². The van der Waals surface area contributed by atoms with Crippen molar-refractivity contribution in [3.8, 4) is 28.7 Å². The molecule has 3 rings (SSSR count). The first-order chi connectivity index (χ1) is 9.65. The SMILES string of the molecule is Oc1cc(-c2nc(-c3ncccc3Cl)no2)ccc1I. The number of hydrogen-bond acceptors (Lipinski definition) is 5. The van der Waals surface area contributed by atoms with E-state index in [2.05, 4.69) is 15.1 Å². The Hall–Kier alpha value is -1.67. The van der Waals surface area contributed by atoms with E-state index in [1.54, 1.807) is 36.5 Å². The summed E-state index contributed by atoms with van der Waals surface area (Å²) < 4.78 is 5.93. The second kappa shape index (κ2) is 5.37. The highest BCUT2D eigenvalue weighted by Crippen LogP contribution is 2.29. The van der Waals surface area contributed by atoms with Gasteiger partial charge >= 0.3 is 0 Å². The Morgan fingerprint density at radius 1 is 1.25 bits per heavy atom. The first kappa shape index (κ1) is 13.3. The van der Waals surface area contributed by atoms with Gasteiger partial charge in [-0.05, 0) is 52.9 Å². The Kier molecular flexibility index (Phi) is 3.58. The van der Waals surface area contributed by atoms with Gasteiger partial charge in [-0.1, -0.05) is 16.8 Å².